The van der Waals surface area contributed by atoms with Crippen molar-refractivity contribution in [1.82, 2.24) is 9.80 Å². The molecule has 0 bridgehead atoms. The number of hydrogen-bond acceptors (Lipinski definition) is 3. The van der Waals surface area contributed by atoms with E-state index in [1.54, 1.807) is 0 Å². The van der Waals surface area contributed by atoms with Gasteiger partial charge in [-0.2, -0.15) is 0 Å². The van der Waals surface area contributed by atoms with Gasteiger partial charge in [0.15, 0.2) is 0 Å². The van der Waals surface area contributed by atoms with Crippen molar-refractivity contribution in [3.8, 4) is 0 Å². The first-order valence-corrected chi connectivity index (χ1v) is 8.05. The number of nitrogens with two attached hydrogens (primary N) is 1. The van der Waals surface area contributed by atoms with Gasteiger partial charge < -0.3 is 10.6 Å². The predicted molar refractivity (Wildman–Crippen MR) is 90.2 cm³/mol. The van der Waals surface area contributed by atoms with Gasteiger partial charge in [-0.05, 0) is 24.8 Å². The molecule has 1 aromatic carbocycles. The lowest BCUT2D eigenvalue weighted by atomic mass is 9.75. The number of benzene rings is 1. The van der Waals surface area contributed by atoms with E-state index in [4.69, 9.17) is 5.73 Å². The van der Waals surface area contributed by atoms with E-state index in [-0.39, 0.29) is 11.0 Å². The second-order valence-electron chi connectivity index (χ2n) is 7.64. The normalized spacial score (nSPS) is 18.9. The van der Waals surface area contributed by atoms with Crippen LogP contribution >= 0.6 is 0 Å². The molecule has 0 spiro atoms. The van der Waals surface area contributed by atoms with Crippen molar-refractivity contribution >= 4 is 0 Å². The molecule has 1 heterocycles. The highest BCUT2D eigenvalue weighted by atomic mass is 15.3. The molecule has 21 heavy (non-hydrogen) atoms. The zero-order valence-corrected chi connectivity index (χ0v) is 14.1. The molecule has 1 aliphatic rings. The minimum Gasteiger partial charge on any atom is -0.325 e. The maximum Gasteiger partial charge on any atom is 0.0234 e. The Morgan fingerprint density at radius 2 is 1.43 bits per heavy atom. The van der Waals surface area contributed by atoms with Crippen molar-refractivity contribution in [2.45, 2.75) is 39.8 Å². The second-order valence-corrected chi connectivity index (χ2v) is 7.64. The largest absolute Gasteiger partial charge is 0.325 e. The Morgan fingerprint density at radius 3 is 1.95 bits per heavy atom. The van der Waals surface area contributed by atoms with Gasteiger partial charge in [0.1, 0.15) is 0 Å². The van der Waals surface area contributed by atoms with E-state index in [0.717, 1.165) is 39.3 Å². The molecule has 2 rings (SSSR count). The highest BCUT2D eigenvalue weighted by Crippen LogP contribution is 2.29. The van der Waals surface area contributed by atoms with Crippen molar-refractivity contribution in [3.63, 3.8) is 0 Å². The van der Waals surface area contributed by atoms with Crippen LogP contribution in [0.2, 0.25) is 0 Å². The van der Waals surface area contributed by atoms with Gasteiger partial charge in [-0.25, -0.2) is 0 Å². The van der Waals surface area contributed by atoms with Crippen LogP contribution in [0.25, 0.3) is 0 Å². The summed E-state index contributed by atoms with van der Waals surface area (Å²) in [7, 11) is 0. The molecule has 0 atom stereocenters. The molecule has 1 aromatic rings. The topological polar surface area (TPSA) is 32.5 Å². The summed E-state index contributed by atoms with van der Waals surface area (Å²) in [4.78, 5) is 5.11. The molecular formula is C18H31N3. The van der Waals surface area contributed by atoms with E-state index in [1.807, 2.05) is 0 Å². The molecule has 0 aliphatic carbocycles. The Morgan fingerprint density at radius 1 is 0.905 bits per heavy atom. The Kier molecular flexibility index (Phi) is 5.07. The highest BCUT2D eigenvalue weighted by molar-refractivity contribution is 5.14. The fourth-order valence-corrected chi connectivity index (χ4v) is 2.71. The fourth-order valence-electron chi connectivity index (χ4n) is 2.71. The van der Waals surface area contributed by atoms with Crippen LogP contribution in [-0.4, -0.2) is 48.1 Å². The van der Waals surface area contributed by atoms with Gasteiger partial charge in [-0.15, -0.1) is 0 Å². The quantitative estimate of drug-likeness (QED) is 0.904. The van der Waals surface area contributed by atoms with E-state index in [0.29, 0.717) is 0 Å². The minimum absolute atomic E-state index is 0.134. The van der Waals surface area contributed by atoms with Gasteiger partial charge in [0.05, 0.1) is 0 Å². The molecule has 1 aliphatic heterocycles. The fraction of sp³-hybridized carbons (Fsp3) is 0.667. The van der Waals surface area contributed by atoms with Gasteiger partial charge in [-0.1, -0.05) is 44.2 Å². The Balaban J connectivity index is 1.81. The van der Waals surface area contributed by atoms with E-state index in [2.05, 4.69) is 67.8 Å². The summed E-state index contributed by atoms with van der Waals surface area (Å²) in [6.45, 7) is 15.6. The molecule has 3 heteroatoms. The SMILES string of the molecule is CC(C)(N)C(C)(C)CN1CCN(Cc2ccccc2)CC1. The molecule has 0 unspecified atom stereocenters. The summed E-state index contributed by atoms with van der Waals surface area (Å²) in [5.41, 5.74) is 7.72. The molecule has 0 aromatic heterocycles. The van der Waals surface area contributed by atoms with Crippen LogP contribution in [0.15, 0.2) is 30.3 Å². The van der Waals surface area contributed by atoms with Gasteiger partial charge in [0.25, 0.3) is 0 Å². The lowest BCUT2D eigenvalue weighted by Crippen LogP contribution is -2.56. The van der Waals surface area contributed by atoms with Gasteiger partial charge in [0.2, 0.25) is 0 Å². The Labute approximate surface area is 130 Å². The maximum atomic E-state index is 6.32. The Bertz CT molecular complexity index is 426. The molecule has 2 N–H and O–H groups in total. The second kappa shape index (κ2) is 6.47. The standard InChI is InChI=1S/C18H31N3/c1-17(2,18(3,4)19)15-21-12-10-20(11-13-21)14-16-8-6-5-7-9-16/h5-9H,10-15,19H2,1-4H3. The summed E-state index contributed by atoms with van der Waals surface area (Å²) in [6.07, 6.45) is 0. The van der Waals surface area contributed by atoms with E-state index in [9.17, 15) is 0 Å². The molecule has 3 nitrogen and oxygen atoms in total. The summed E-state index contributed by atoms with van der Waals surface area (Å²) in [5, 5.41) is 0. The molecule has 0 amide bonds. The third kappa shape index (κ3) is 4.53. The first-order valence-electron chi connectivity index (χ1n) is 8.05. The monoisotopic (exact) mass is 289 g/mol. The van der Waals surface area contributed by atoms with Crippen molar-refractivity contribution in [2.24, 2.45) is 11.1 Å². The van der Waals surface area contributed by atoms with Crippen molar-refractivity contribution in [3.05, 3.63) is 35.9 Å². The van der Waals surface area contributed by atoms with Gasteiger partial charge in [-0.3, -0.25) is 4.90 Å². The number of nitrogens with zero attached hydrogens (tertiary/aromatic N) is 2. The zero-order chi connectivity index (χ0) is 15.5. The van der Waals surface area contributed by atoms with Gasteiger partial charge in [0, 0.05) is 44.8 Å². The number of rotatable bonds is 5. The van der Waals surface area contributed by atoms with Gasteiger partial charge >= 0.3 is 0 Å². The molecule has 118 valence electrons. The summed E-state index contributed by atoms with van der Waals surface area (Å²) < 4.78 is 0. The van der Waals surface area contributed by atoms with Crippen molar-refractivity contribution in [2.75, 3.05) is 32.7 Å². The van der Waals surface area contributed by atoms with Crippen LogP contribution in [0.3, 0.4) is 0 Å². The average Bonchev–Trinajstić information content (AvgIpc) is 2.41. The third-order valence-corrected chi connectivity index (χ3v) is 5.08. The molecular weight excluding hydrogens is 258 g/mol. The molecule has 1 saturated heterocycles. The average molecular weight is 289 g/mol. The highest BCUT2D eigenvalue weighted by Gasteiger charge is 2.35. The predicted octanol–water partition coefficient (Wildman–Crippen LogP) is 2.57. The van der Waals surface area contributed by atoms with Crippen LogP contribution in [0.1, 0.15) is 33.3 Å². The Hall–Kier alpha value is -0.900. The van der Waals surface area contributed by atoms with E-state index >= 15 is 0 Å². The van der Waals surface area contributed by atoms with Crippen LogP contribution in [0.5, 0.6) is 0 Å². The van der Waals surface area contributed by atoms with Crippen molar-refractivity contribution < 1.29 is 0 Å². The molecule has 0 saturated carbocycles. The molecule has 1 fully saturated rings. The maximum absolute atomic E-state index is 6.32. The lowest BCUT2D eigenvalue weighted by Gasteiger charge is -2.44. The van der Waals surface area contributed by atoms with Crippen LogP contribution < -0.4 is 5.73 Å². The summed E-state index contributed by atoms with van der Waals surface area (Å²) in [5.74, 6) is 0. The zero-order valence-electron chi connectivity index (χ0n) is 14.1. The number of piperazine rings is 1. The first-order chi connectivity index (χ1) is 9.78. The first kappa shape index (κ1) is 16.5. The van der Waals surface area contributed by atoms with Crippen molar-refractivity contribution in [1.29, 1.82) is 0 Å². The lowest BCUT2D eigenvalue weighted by molar-refractivity contribution is 0.0655. The van der Waals surface area contributed by atoms with Crippen LogP contribution in [-0.2, 0) is 6.54 Å². The third-order valence-electron chi connectivity index (χ3n) is 5.08. The smallest absolute Gasteiger partial charge is 0.0234 e. The number of hydrogen-bond donors (Lipinski definition) is 1. The van der Waals surface area contributed by atoms with Crippen LogP contribution in [0.4, 0.5) is 0 Å². The summed E-state index contributed by atoms with van der Waals surface area (Å²) >= 11 is 0. The van der Waals surface area contributed by atoms with E-state index < -0.39 is 0 Å². The van der Waals surface area contributed by atoms with Crippen LogP contribution in [0, 0.1) is 5.41 Å². The molecule has 0 radical (unpaired) electrons. The van der Waals surface area contributed by atoms with E-state index in [1.165, 1.54) is 5.56 Å². The minimum atomic E-state index is -0.145. The summed E-state index contributed by atoms with van der Waals surface area (Å²) in [6, 6.07) is 10.8.